The first-order chi connectivity index (χ1) is 14.0. The predicted molar refractivity (Wildman–Crippen MR) is 104 cm³/mol. The van der Waals surface area contributed by atoms with Crippen LogP contribution < -0.4 is 0 Å². The Labute approximate surface area is 167 Å². The molecule has 3 aromatic rings. The van der Waals surface area contributed by atoms with Gasteiger partial charge in [0.05, 0.1) is 0 Å². The van der Waals surface area contributed by atoms with E-state index in [0.717, 1.165) is 36.3 Å². The van der Waals surface area contributed by atoms with E-state index in [9.17, 15) is 9.59 Å². The Hall–Kier alpha value is -3.33. The Kier molecular flexibility index (Phi) is 5.22. The van der Waals surface area contributed by atoms with E-state index in [1.165, 1.54) is 24.2 Å². The standard InChI is InChI=1S/C20H22N6O3/c1-14-3-4-16(17(11-14)19-22-21-13-29-19)12-24-7-9-25(10-8-24)20(28)26-6-5-18(23-26)15(2)27/h3-6,11,13H,7-10,12H2,1-2H3. The topological polar surface area (TPSA) is 97.4 Å². The molecule has 2 aromatic heterocycles. The molecule has 1 aromatic carbocycles. The molecule has 1 aliphatic heterocycles. The average Bonchev–Trinajstić information content (AvgIpc) is 3.42. The minimum Gasteiger partial charge on any atom is -0.423 e. The lowest BCUT2D eigenvalue weighted by atomic mass is 10.0. The number of rotatable bonds is 4. The van der Waals surface area contributed by atoms with Crippen molar-refractivity contribution in [2.45, 2.75) is 20.4 Å². The summed E-state index contributed by atoms with van der Waals surface area (Å²) in [4.78, 5) is 28.0. The summed E-state index contributed by atoms with van der Waals surface area (Å²) in [6.45, 7) is 6.86. The fraction of sp³-hybridized carbons (Fsp3) is 0.350. The maximum Gasteiger partial charge on any atom is 0.344 e. The van der Waals surface area contributed by atoms with Crippen molar-refractivity contribution in [1.29, 1.82) is 0 Å². The van der Waals surface area contributed by atoms with Gasteiger partial charge in [-0.15, -0.1) is 10.2 Å². The van der Waals surface area contributed by atoms with E-state index in [2.05, 4.69) is 32.3 Å². The summed E-state index contributed by atoms with van der Waals surface area (Å²) >= 11 is 0. The van der Waals surface area contributed by atoms with Crippen LogP contribution in [0.15, 0.2) is 41.3 Å². The molecular weight excluding hydrogens is 372 g/mol. The normalized spacial score (nSPS) is 14.9. The Balaban J connectivity index is 1.40. The first-order valence-electron chi connectivity index (χ1n) is 9.45. The van der Waals surface area contributed by atoms with Gasteiger partial charge in [-0.1, -0.05) is 17.7 Å². The van der Waals surface area contributed by atoms with Crippen molar-refractivity contribution in [3.63, 3.8) is 0 Å². The fourth-order valence-electron chi connectivity index (χ4n) is 3.42. The molecule has 0 atom stereocenters. The number of aromatic nitrogens is 4. The Morgan fingerprint density at radius 1 is 1.14 bits per heavy atom. The zero-order valence-electron chi connectivity index (χ0n) is 16.4. The van der Waals surface area contributed by atoms with Crippen LogP contribution in [0.3, 0.4) is 0 Å². The van der Waals surface area contributed by atoms with E-state index in [0.29, 0.717) is 24.7 Å². The first-order valence-corrected chi connectivity index (χ1v) is 9.45. The highest BCUT2D eigenvalue weighted by molar-refractivity contribution is 5.92. The quantitative estimate of drug-likeness (QED) is 0.626. The van der Waals surface area contributed by atoms with E-state index in [1.807, 2.05) is 13.0 Å². The molecule has 1 aliphatic rings. The van der Waals surface area contributed by atoms with Crippen molar-refractivity contribution in [2.75, 3.05) is 26.2 Å². The summed E-state index contributed by atoms with van der Waals surface area (Å²) in [5, 5.41) is 11.9. The van der Waals surface area contributed by atoms with Gasteiger partial charge < -0.3 is 9.32 Å². The highest BCUT2D eigenvalue weighted by atomic mass is 16.4. The predicted octanol–water partition coefficient (Wildman–Crippen LogP) is 2.23. The molecule has 0 bridgehead atoms. The SMILES string of the molecule is CC(=O)c1ccn(C(=O)N2CCN(Cc3ccc(C)cc3-c3nnco3)CC2)n1. The molecule has 1 saturated heterocycles. The third-order valence-electron chi connectivity index (χ3n) is 5.04. The van der Waals surface area contributed by atoms with Gasteiger partial charge in [-0.05, 0) is 24.6 Å². The van der Waals surface area contributed by atoms with Crippen LogP contribution >= 0.6 is 0 Å². The van der Waals surface area contributed by atoms with Gasteiger partial charge in [-0.2, -0.15) is 9.78 Å². The molecule has 0 N–H and O–H groups in total. The van der Waals surface area contributed by atoms with Crippen molar-refractivity contribution in [2.24, 2.45) is 0 Å². The number of hydrogen-bond acceptors (Lipinski definition) is 7. The van der Waals surface area contributed by atoms with Gasteiger partial charge in [0, 0.05) is 51.4 Å². The largest absolute Gasteiger partial charge is 0.423 e. The molecule has 0 aliphatic carbocycles. The Morgan fingerprint density at radius 2 is 1.93 bits per heavy atom. The number of Topliss-reactive ketones (excluding diaryl/α,β-unsaturated/α-hetero) is 1. The molecule has 0 spiro atoms. The van der Waals surface area contributed by atoms with Crippen LogP contribution in [0.1, 0.15) is 28.5 Å². The van der Waals surface area contributed by atoms with Crippen molar-refractivity contribution in [3.05, 3.63) is 53.7 Å². The van der Waals surface area contributed by atoms with Crippen LogP contribution in [0.2, 0.25) is 0 Å². The summed E-state index contributed by atoms with van der Waals surface area (Å²) in [5.74, 6) is 0.356. The fourth-order valence-corrected chi connectivity index (χ4v) is 3.42. The summed E-state index contributed by atoms with van der Waals surface area (Å²) in [6.07, 6.45) is 2.87. The highest BCUT2D eigenvalue weighted by Crippen LogP contribution is 2.24. The molecule has 3 heterocycles. The molecule has 0 unspecified atom stereocenters. The molecule has 1 amide bonds. The van der Waals surface area contributed by atoms with E-state index in [1.54, 1.807) is 11.0 Å². The van der Waals surface area contributed by atoms with Crippen molar-refractivity contribution in [3.8, 4) is 11.5 Å². The Bertz CT molecular complexity index is 1020. The molecule has 150 valence electrons. The summed E-state index contributed by atoms with van der Waals surface area (Å²) in [6, 6.07) is 7.55. The summed E-state index contributed by atoms with van der Waals surface area (Å²) in [7, 11) is 0. The van der Waals surface area contributed by atoms with Crippen LogP contribution in [0.25, 0.3) is 11.5 Å². The second-order valence-corrected chi connectivity index (χ2v) is 7.15. The van der Waals surface area contributed by atoms with Crippen LogP contribution in [0.4, 0.5) is 4.79 Å². The maximum absolute atomic E-state index is 12.6. The van der Waals surface area contributed by atoms with Gasteiger partial charge in [0.25, 0.3) is 0 Å². The molecule has 0 radical (unpaired) electrons. The lowest BCUT2D eigenvalue weighted by Crippen LogP contribution is -2.49. The number of benzene rings is 1. The number of ketones is 1. The molecular formula is C20H22N6O3. The van der Waals surface area contributed by atoms with Crippen LogP contribution in [-0.2, 0) is 6.54 Å². The zero-order valence-corrected chi connectivity index (χ0v) is 16.4. The summed E-state index contributed by atoms with van der Waals surface area (Å²) in [5.41, 5.74) is 3.47. The zero-order chi connectivity index (χ0) is 20.4. The van der Waals surface area contributed by atoms with Gasteiger partial charge in [0.1, 0.15) is 5.69 Å². The molecule has 9 heteroatoms. The minimum atomic E-state index is -0.209. The third-order valence-corrected chi connectivity index (χ3v) is 5.04. The second kappa shape index (κ2) is 7.96. The first kappa shape index (κ1) is 19.0. The van der Waals surface area contributed by atoms with Crippen molar-refractivity contribution >= 4 is 11.8 Å². The van der Waals surface area contributed by atoms with Crippen molar-refractivity contribution in [1.82, 2.24) is 29.8 Å². The van der Waals surface area contributed by atoms with E-state index >= 15 is 0 Å². The van der Waals surface area contributed by atoms with E-state index in [-0.39, 0.29) is 11.8 Å². The third kappa shape index (κ3) is 4.09. The number of aryl methyl sites for hydroxylation is 1. The number of carbonyl (C=O) groups is 2. The van der Waals surface area contributed by atoms with Crippen LogP contribution in [0.5, 0.6) is 0 Å². The van der Waals surface area contributed by atoms with Crippen LogP contribution in [0, 0.1) is 6.92 Å². The summed E-state index contributed by atoms with van der Waals surface area (Å²) < 4.78 is 6.63. The molecule has 1 fully saturated rings. The van der Waals surface area contributed by atoms with Gasteiger partial charge in [0.2, 0.25) is 12.3 Å². The number of hydrogen-bond donors (Lipinski definition) is 0. The van der Waals surface area contributed by atoms with E-state index in [4.69, 9.17) is 4.42 Å². The van der Waals surface area contributed by atoms with Gasteiger partial charge in [-0.25, -0.2) is 4.79 Å². The highest BCUT2D eigenvalue weighted by Gasteiger charge is 2.24. The number of amides is 1. The molecule has 4 rings (SSSR count). The average molecular weight is 394 g/mol. The molecule has 9 nitrogen and oxygen atoms in total. The maximum atomic E-state index is 12.6. The van der Waals surface area contributed by atoms with Crippen molar-refractivity contribution < 1.29 is 14.0 Å². The lowest BCUT2D eigenvalue weighted by molar-refractivity contribution is 0.101. The van der Waals surface area contributed by atoms with Gasteiger partial charge in [0.15, 0.2) is 5.78 Å². The minimum absolute atomic E-state index is 0.156. The van der Waals surface area contributed by atoms with E-state index < -0.39 is 0 Å². The van der Waals surface area contributed by atoms with Crippen LogP contribution in [-0.4, -0.2) is 67.8 Å². The smallest absolute Gasteiger partial charge is 0.344 e. The number of piperazine rings is 1. The second-order valence-electron chi connectivity index (χ2n) is 7.15. The number of carbonyl (C=O) groups excluding carboxylic acids is 2. The molecule has 0 saturated carbocycles. The Morgan fingerprint density at radius 3 is 2.59 bits per heavy atom. The van der Waals surface area contributed by atoms with Gasteiger partial charge in [-0.3, -0.25) is 9.69 Å². The molecule has 29 heavy (non-hydrogen) atoms. The van der Waals surface area contributed by atoms with Gasteiger partial charge >= 0.3 is 6.03 Å². The monoisotopic (exact) mass is 394 g/mol. The lowest BCUT2D eigenvalue weighted by Gasteiger charge is -2.34. The number of nitrogens with zero attached hydrogens (tertiary/aromatic N) is 6.